The number of carbonyl (C=O) groups excluding carboxylic acids is 2. The molecule has 0 spiro atoms. The minimum absolute atomic E-state index is 0.180. The van der Waals surface area contributed by atoms with Gasteiger partial charge in [-0.05, 0) is 11.1 Å². The van der Waals surface area contributed by atoms with E-state index < -0.39 is 6.09 Å². The van der Waals surface area contributed by atoms with Gasteiger partial charge in [0.25, 0.3) is 0 Å². The van der Waals surface area contributed by atoms with Gasteiger partial charge >= 0.3 is 6.09 Å². The molecule has 4 nitrogen and oxygen atoms in total. The van der Waals surface area contributed by atoms with Crippen LogP contribution in [0.2, 0.25) is 0 Å². The predicted octanol–water partition coefficient (Wildman–Crippen LogP) is 2.95. The minimum atomic E-state index is -0.573. The van der Waals surface area contributed by atoms with Crippen molar-refractivity contribution < 1.29 is 14.3 Å². The molecule has 2 amide bonds. The molecule has 0 unspecified atom stereocenters. The minimum Gasteiger partial charge on any atom is -0.444 e. The third-order valence-corrected chi connectivity index (χ3v) is 3.56. The van der Waals surface area contributed by atoms with E-state index in [0.717, 1.165) is 16.0 Å². The predicted molar refractivity (Wildman–Crippen MR) is 77.5 cm³/mol. The summed E-state index contributed by atoms with van der Waals surface area (Å²) in [5, 5.41) is 0. The average molecular weight is 281 g/mol. The maximum atomic E-state index is 12.0. The lowest BCUT2D eigenvalue weighted by Gasteiger charge is -2.35. The molecule has 0 radical (unpaired) electrons. The number of carbonyl (C=O) groups is 2. The third kappa shape index (κ3) is 2.79. The van der Waals surface area contributed by atoms with Crippen LogP contribution in [0.25, 0.3) is 0 Å². The number of rotatable bonds is 3. The highest BCUT2D eigenvalue weighted by atomic mass is 16.6. The quantitative estimate of drug-likeness (QED) is 0.813. The Bertz CT molecular complexity index is 640. The molecule has 1 aliphatic rings. The van der Waals surface area contributed by atoms with Crippen molar-refractivity contribution in [3.05, 3.63) is 71.8 Å². The Balaban J connectivity index is 1.55. The normalized spacial score (nSPS) is 17.2. The van der Waals surface area contributed by atoms with Crippen molar-refractivity contribution in [3.8, 4) is 0 Å². The van der Waals surface area contributed by atoms with Crippen LogP contribution in [-0.4, -0.2) is 23.4 Å². The topological polar surface area (TPSA) is 46.6 Å². The van der Waals surface area contributed by atoms with Crippen LogP contribution in [0, 0.1) is 0 Å². The summed E-state index contributed by atoms with van der Waals surface area (Å²) in [6.45, 7) is 0.565. The Morgan fingerprint density at radius 2 is 1.67 bits per heavy atom. The number of nitrogens with zero attached hydrogens (tertiary/aromatic N) is 1. The molecular weight excluding hydrogens is 266 g/mol. The summed E-state index contributed by atoms with van der Waals surface area (Å²) in [5.41, 5.74) is 1.84. The van der Waals surface area contributed by atoms with Gasteiger partial charge in [-0.25, -0.2) is 9.69 Å². The van der Waals surface area contributed by atoms with Crippen molar-refractivity contribution in [2.24, 2.45) is 0 Å². The Hall–Kier alpha value is -2.62. The van der Waals surface area contributed by atoms with E-state index in [1.165, 1.54) is 0 Å². The summed E-state index contributed by atoms with van der Waals surface area (Å²) in [4.78, 5) is 25.1. The molecule has 0 saturated carbocycles. The van der Waals surface area contributed by atoms with Crippen molar-refractivity contribution in [3.63, 3.8) is 0 Å². The number of benzene rings is 2. The number of ether oxygens (including phenoxy) is 1. The second-order valence-electron chi connectivity index (χ2n) is 4.95. The van der Waals surface area contributed by atoms with Gasteiger partial charge in [-0.1, -0.05) is 60.7 Å². The molecule has 1 saturated heterocycles. The third-order valence-electron chi connectivity index (χ3n) is 3.56. The van der Waals surface area contributed by atoms with E-state index in [-0.39, 0.29) is 18.4 Å². The lowest BCUT2D eigenvalue weighted by atomic mass is 9.91. The lowest BCUT2D eigenvalue weighted by Crippen LogP contribution is -2.53. The fourth-order valence-corrected chi connectivity index (χ4v) is 2.32. The molecule has 0 N–H and O–H groups in total. The van der Waals surface area contributed by atoms with Gasteiger partial charge in [0.2, 0.25) is 5.91 Å². The summed E-state index contributed by atoms with van der Waals surface area (Å²) in [5.74, 6) is -0.422. The molecule has 21 heavy (non-hydrogen) atoms. The SMILES string of the molecule is O=C(OCc1ccccc1)N1C[C@H](c2ccccc2)C1=O. The van der Waals surface area contributed by atoms with E-state index >= 15 is 0 Å². The van der Waals surface area contributed by atoms with Gasteiger partial charge in [0.05, 0.1) is 5.92 Å². The standard InChI is InChI=1S/C17H15NO3/c19-16-15(14-9-5-2-6-10-14)11-18(16)17(20)21-12-13-7-3-1-4-8-13/h1-10,15H,11-12H2/t15-/m1/s1. The Morgan fingerprint density at radius 1 is 1.05 bits per heavy atom. The molecule has 1 aliphatic heterocycles. The zero-order valence-corrected chi connectivity index (χ0v) is 11.4. The van der Waals surface area contributed by atoms with E-state index in [2.05, 4.69) is 0 Å². The van der Waals surface area contributed by atoms with Crippen molar-refractivity contribution in [2.75, 3.05) is 6.54 Å². The first-order valence-electron chi connectivity index (χ1n) is 6.83. The molecule has 0 aromatic heterocycles. The Labute approximate surface area is 123 Å². The fraction of sp³-hybridized carbons (Fsp3) is 0.176. The summed E-state index contributed by atoms with van der Waals surface area (Å²) in [6.07, 6.45) is -0.573. The highest BCUT2D eigenvalue weighted by Gasteiger charge is 2.42. The monoisotopic (exact) mass is 281 g/mol. The fourth-order valence-electron chi connectivity index (χ4n) is 2.32. The van der Waals surface area contributed by atoms with E-state index in [1.54, 1.807) is 0 Å². The van der Waals surface area contributed by atoms with Crippen LogP contribution in [0.5, 0.6) is 0 Å². The molecule has 0 aliphatic carbocycles. The molecule has 1 fully saturated rings. The smallest absolute Gasteiger partial charge is 0.416 e. The number of β-lactam (4-membered cyclic amide) rings is 1. The van der Waals surface area contributed by atoms with Gasteiger partial charge in [0, 0.05) is 6.54 Å². The highest BCUT2D eigenvalue weighted by Crippen LogP contribution is 2.29. The second kappa shape index (κ2) is 5.79. The zero-order chi connectivity index (χ0) is 14.7. The van der Waals surface area contributed by atoms with E-state index in [9.17, 15) is 9.59 Å². The van der Waals surface area contributed by atoms with Gasteiger partial charge < -0.3 is 4.74 Å². The van der Waals surface area contributed by atoms with E-state index in [4.69, 9.17) is 4.74 Å². The van der Waals surface area contributed by atoms with Gasteiger partial charge in [-0.3, -0.25) is 4.79 Å². The first kappa shape index (κ1) is 13.4. The van der Waals surface area contributed by atoms with Crippen LogP contribution >= 0.6 is 0 Å². The van der Waals surface area contributed by atoms with E-state index in [0.29, 0.717) is 6.54 Å². The van der Waals surface area contributed by atoms with Crippen molar-refractivity contribution in [1.29, 1.82) is 0 Å². The lowest BCUT2D eigenvalue weighted by molar-refractivity contribution is -0.140. The molecule has 0 bridgehead atoms. The van der Waals surface area contributed by atoms with Crippen molar-refractivity contribution in [1.82, 2.24) is 4.90 Å². The summed E-state index contributed by atoms with van der Waals surface area (Å²) >= 11 is 0. The molecule has 106 valence electrons. The highest BCUT2D eigenvalue weighted by molar-refractivity contribution is 6.01. The van der Waals surface area contributed by atoms with E-state index in [1.807, 2.05) is 60.7 Å². The molecule has 2 aromatic rings. The van der Waals surface area contributed by atoms with Gasteiger partial charge in [0.1, 0.15) is 6.61 Å². The maximum absolute atomic E-state index is 12.0. The van der Waals surface area contributed by atoms with Crippen LogP contribution in [0.15, 0.2) is 60.7 Å². The number of likely N-dealkylation sites (tertiary alicyclic amines) is 1. The molecular formula is C17H15NO3. The Kier molecular flexibility index (Phi) is 3.69. The van der Waals surface area contributed by atoms with Crippen LogP contribution in [-0.2, 0) is 16.1 Å². The Morgan fingerprint density at radius 3 is 2.29 bits per heavy atom. The van der Waals surface area contributed by atoms with Gasteiger partial charge in [0.15, 0.2) is 0 Å². The molecule has 1 atom stereocenters. The maximum Gasteiger partial charge on any atom is 0.416 e. The molecule has 3 rings (SSSR count). The first-order valence-corrected chi connectivity index (χ1v) is 6.83. The summed E-state index contributed by atoms with van der Waals surface area (Å²) in [7, 11) is 0. The number of imide groups is 1. The largest absolute Gasteiger partial charge is 0.444 e. The zero-order valence-electron chi connectivity index (χ0n) is 11.4. The number of hydrogen-bond acceptors (Lipinski definition) is 3. The summed E-state index contributed by atoms with van der Waals surface area (Å²) in [6, 6.07) is 18.9. The average Bonchev–Trinajstić information content (AvgIpc) is 2.53. The van der Waals surface area contributed by atoms with Crippen LogP contribution in [0.3, 0.4) is 0 Å². The van der Waals surface area contributed by atoms with Crippen molar-refractivity contribution in [2.45, 2.75) is 12.5 Å². The summed E-state index contributed by atoms with van der Waals surface area (Å²) < 4.78 is 5.15. The molecule has 4 heteroatoms. The number of hydrogen-bond donors (Lipinski definition) is 0. The molecule has 2 aromatic carbocycles. The van der Waals surface area contributed by atoms with Crippen molar-refractivity contribution >= 4 is 12.0 Å². The van der Waals surface area contributed by atoms with Crippen LogP contribution < -0.4 is 0 Å². The van der Waals surface area contributed by atoms with Crippen LogP contribution in [0.1, 0.15) is 17.0 Å². The van der Waals surface area contributed by atoms with Gasteiger partial charge in [-0.15, -0.1) is 0 Å². The van der Waals surface area contributed by atoms with Gasteiger partial charge in [-0.2, -0.15) is 0 Å². The second-order valence-corrected chi connectivity index (χ2v) is 4.95. The first-order chi connectivity index (χ1) is 10.3. The number of amides is 2. The molecule has 1 heterocycles. The van der Waals surface area contributed by atoms with Crippen LogP contribution in [0.4, 0.5) is 4.79 Å².